The molecule has 0 aromatic heterocycles. The molecule has 3 nitrogen and oxygen atoms in total. The molecule has 5 heteroatoms. The second-order valence-electron chi connectivity index (χ2n) is 4.16. The predicted octanol–water partition coefficient (Wildman–Crippen LogP) is 2.36. The first-order valence-corrected chi connectivity index (χ1v) is 8.48. The Morgan fingerprint density at radius 3 is 2.82 bits per heavy atom. The Morgan fingerprint density at radius 2 is 2.18 bits per heavy atom. The van der Waals surface area contributed by atoms with E-state index in [1.54, 1.807) is 23.9 Å². The fourth-order valence-corrected chi connectivity index (χ4v) is 4.24. The van der Waals surface area contributed by atoms with Gasteiger partial charge < -0.3 is 4.74 Å². The molecule has 94 valence electrons. The Balaban J connectivity index is 2.09. The summed E-state index contributed by atoms with van der Waals surface area (Å²) in [5.41, 5.74) is 0. The molecule has 0 radical (unpaired) electrons. The fraction of sp³-hybridized carbons (Fsp3) is 0.500. The lowest BCUT2D eigenvalue weighted by Crippen LogP contribution is -2.08. The summed E-state index contributed by atoms with van der Waals surface area (Å²) >= 11 is 1.57. The van der Waals surface area contributed by atoms with Gasteiger partial charge in [-0.25, -0.2) is 8.42 Å². The molecule has 0 amide bonds. The van der Waals surface area contributed by atoms with Crippen LogP contribution in [0.4, 0.5) is 0 Å². The van der Waals surface area contributed by atoms with Crippen LogP contribution in [0, 0.1) is 0 Å². The van der Waals surface area contributed by atoms with Gasteiger partial charge in [-0.15, -0.1) is 11.8 Å². The van der Waals surface area contributed by atoms with Gasteiger partial charge in [0.15, 0.2) is 9.84 Å². The average molecular weight is 272 g/mol. The zero-order chi connectivity index (χ0) is 12.3. The fourth-order valence-electron chi connectivity index (χ4n) is 1.83. The minimum atomic E-state index is -3.14. The number of hydrogen-bond donors (Lipinski definition) is 0. The van der Waals surface area contributed by atoms with E-state index in [4.69, 9.17) is 4.74 Å². The molecule has 1 heterocycles. The van der Waals surface area contributed by atoms with Crippen molar-refractivity contribution in [1.29, 1.82) is 0 Å². The van der Waals surface area contributed by atoms with E-state index in [0.717, 1.165) is 30.1 Å². The third-order valence-electron chi connectivity index (χ3n) is 2.70. The quantitative estimate of drug-likeness (QED) is 0.789. The zero-order valence-electron chi connectivity index (χ0n) is 9.76. The number of sulfone groups is 1. The Bertz CT molecular complexity index is 476. The molecular weight excluding hydrogens is 256 g/mol. The highest BCUT2D eigenvalue weighted by Crippen LogP contribution is 2.29. The van der Waals surface area contributed by atoms with Crippen LogP contribution in [0.1, 0.15) is 12.8 Å². The normalized spacial score (nSPS) is 20.6. The van der Waals surface area contributed by atoms with Gasteiger partial charge in [0.1, 0.15) is 0 Å². The molecule has 2 rings (SSSR count). The van der Waals surface area contributed by atoms with E-state index < -0.39 is 9.84 Å². The molecular formula is C12H16O3S2. The van der Waals surface area contributed by atoms with Gasteiger partial charge in [-0.1, -0.05) is 12.1 Å². The minimum absolute atomic E-state index is 0.271. The summed E-state index contributed by atoms with van der Waals surface area (Å²) in [6.07, 6.45) is 3.71. The average Bonchev–Trinajstić information content (AvgIpc) is 2.78. The molecule has 1 fully saturated rings. The Kier molecular flexibility index (Phi) is 4.12. The van der Waals surface area contributed by atoms with Crippen molar-refractivity contribution in [2.24, 2.45) is 0 Å². The maximum atomic E-state index is 11.6. The first-order chi connectivity index (χ1) is 8.07. The molecule has 17 heavy (non-hydrogen) atoms. The highest BCUT2D eigenvalue weighted by atomic mass is 32.2. The molecule has 1 aromatic carbocycles. The van der Waals surface area contributed by atoms with E-state index in [-0.39, 0.29) is 6.10 Å². The van der Waals surface area contributed by atoms with E-state index in [0.29, 0.717) is 4.90 Å². The van der Waals surface area contributed by atoms with E-state index >= 15 is 0 Å². The molecule has 0 N–H and O–H groups in total. The lowest BCUT2D eigenvalue weighted by molar-refractivity contribution is 0.129. The highest BCUT2D eigenvalue weighted by molar-refractivity contribution is 8.00. The standard InChI is InChI=1S/C12H16O3S2/c1-17(13,14)12-7-3-2-6-11(12)16-9-10-5-4-8-15-10/h2-3,6-7,10H,4-5,8-9H2,1H3/t10-/m1/s1. The van der Waals surface area contributed by atoms with Gasteiger partial charge in [0.25, 0.3) is 0 Å². The van der Waals surface area contributed by atoms with Gasteiger partial charge >= 0.3 is 0 Å². The number of rotatable bonds is 4. The summed E-state index contributed by atoms with van der Waals surface area (Å²) in [6, 6.07) is 7.14. The largest absolute Gasteiger partial charge is 0.377 e. The van der Waals surface area contributed by atoms with Crippen LogP contribution in [-0.4, -0.2) is 33.1 Å². The molecule has 0 spiro atoms. The molecule has 0 unspecified atom stereocenters. The first-order valence-electron chi connectivity index (χ1n) is 5.61. The Labute approximate surface area is 106 Å². The van der Waals surface area contributed by atoms with Crippen molar-refractivity contribution in [2.45, 2.75) is 28.7 Å². The summed E-state index contributed by atoms with van der Waals surface area (Å²) < 4.78 is 28.7. The third kappa shape index (κ3) is 3.47. The van der Waals surface area contributed by atoms with Gasteiger partial charge in [-0.3, -0.25) is 0 Å². The third-order valence-corrected chi connectivity index (χ3v) is 5.19. The second-order valence-corrected chi connectivity index (χ2v) is 7.21. The van der Waals surface area contributed by atoms with Crippen LogP contribution in [0.15, 0.2) is 34.1 Å². The van der Waals surface area contributed by atoms with E-state index in [2.05, 4.69) is 0 Å². The van der Waals surface area contributed by atoms with Crippen molar-refractivity contribution in [3.8, 4) is 0 Å². The molecule has 1 aromatic rings. The Hall–Kier alpha value is -0.520. The maximum absolute atomic E-state index is 11.6. The van der Waals surface area contributed by atoms with Crippen molar-refractivity contribution >= 4 is 21.6 Å². The van der Waals surface area contributed by atoms with Crippen molar-refractivity contribution in [2.75, 3.05) is 18.6 Å². The number of hydrogen-bond acceptors (Lipinski definition) is 4. The van der Waals surface area contributed by atoms with E-state index in [1.807, 2.05) is 12.1 Å². The topological polar surface area (TPSA) is 43.4 Å². The van der Waals surface area contributed by atoms with Crippen LogP contribution in [-0.2, 0) is 14.6 Å². The second kappa shape index (κ2) is 5.42. The SMILES string of the molecule is CS(=O)(=O)c1ccccc1SC[C@H]1CCCO1. The first kappa shape index (κ1) is 12.9. The maximum Gasteiger partial charge on any atom is 0.176 e. The van der Waals surface area contributed by atoms with Gasteiger partial charge in [-0.2, -0.15) is 0 Å². The van der Waals surface area contributed by atoms with E-state index in [9.17, 15) is 8.42 Å². The lowest BCUT2D eigenvalue weighted by atomic mass is 10.3. The molecule has 1 aliphatic rings. The van der Waals surface area contributed by atoms with Crippen molar-refractivity contribution < 1.29 is 13.2 Å². The molecule has 1 saturated heterocycles. The minimum Gasteiger partial charge on any atom is -0.377 e. The van der Waals surface area contributed by atoms with Crippen LogP contribution >= 0.6 is 11.8 Å². The van der Waals surface area contributed by atoms with Gasteiger partial charge in [0.2, 0.25) is 0 Å². The summed E-state index contributed by atoms with van der Waals surface area (Å²) in [7, 11) is -3.14. The molecule has 0 aliphatic carbocycles. The summed E-state index contributed by atoms with van der Waals surface area (Å²) in [5, 5.41) is 0. The summed E-state index contributed by atoms with van der Waals surface area (Å²) in [5.74, 6) is 0.826. The molecule has 1 atom stereocenters. The predicted molar refractivity (Wildman–Crippen MR) is 69.2 cm³/mol. The van der Waals surface area contributed by atoms with Gasteiger partial charge in [0, 0.05) is 23.5 Å². The molecule has 0 saturated carbocycles. The highest BCUT2D eigenvalue weighted by Gasteiger charge is 2.18. The monoisotopic (exact) mass is 272 g/mol. The molecule has 0 bridgehead atoms. The zero-order valence-corrected chi connectivity index (χ0v) is 11.4. The Morgan fingerprint density at radius 1 is 1.41 bits per heavy atom. The van der Waals surface area contributed by atoms with Crippen molar-refractivity contribution in [3.05, 3.63) is 24.3 Å². The van der Waals surface area contributed by atoms with Crippen LogP contribution in [0.5, 0.6) is 0 Å². The van der Waals surface area contributed by atoms with Crippen LogP contribution in [0.25, 0.3) is 0 Å². The summed E-state index contributed by atoms with van der Waals surface area (Å²) in [4.78, 5) is 1.24. The lowest BCUT2D eigenvalue weighted by Gasteiger charge is -2.11. The van der Waals surface area contributed by atoms with Crippen molar-refractivity contribution in [1.82, 2.24) is 0 Å². The smallest absolute Gasteiger partial charge is 0.176 e. The van der Waals surface area contributed by atoms with Gasteiger partial charge in [-0.05, 0) is 25.0 Å². The van der Waals surface area contributed by atoms with Crippen LogP contribution in [0.2, 0.25) is 0 Å². The number of ether oxygens (including phenoxy) is 1. The van der Waals surface area contributed by atoms with Crippen molar-refractivity contribution in [3.63, 3.8) is 0 Å². The number of benzene rings is 1. The summed E-state index contributed by atoms with van der Waals surface area (Å²) in [6.45, 7) is 0.832. The number of thioether (sulfide) groups is 1. The van der Waals surface area contributed by atoms with Crippen LogP contribution < -0.4 is 0 Å². The van der Waals surface area contributed by atoms with Gasteiger partial charge in [0.05, 0.1) is 11.0 Å². The van der Waals surface area contributed by atoms with Crippen LogP contribution in [0.3, 0.4) is 0 Å². The van der Waals surface area contributed by atoms with E-state index in [1.165, 1.54) is 6.26 Å². The molecule has 1 aliphatic heterocycles.